The molecule has 0 aliphatic carbocycles. The third-order valence-corrected chi connectivity index (χ3v) is 2.06. The first-order valence-corrected chi connectivity index (χ1v) is 4.68. The van der Waals surface area contributed by atoms with Crippen molar-refractivity contribution in [2.45, 2.75) is 6.42 Å². The van der Waals surface area contributed by atoms with E-state index in [9.17, 15) is 4.79 Å². The Balaban J connectivity index is 2.52. The number of fused-ring (bicyclic) bond motifs is 1. The van der Waals surface area contributed by atoms with Gasteiger partial charge < -0.3 is 4.79 Å². The summed E-state index contributed by atoms with van der Waals surface area (Å²) in [4.78, 5) is 14.4. The summed E-state index contributed by atoms with van der Waals surface area (Å²) in [6, 6.07) is 9.68. The van der Waals surface area contributed by atoms with Crippen LogP contribution in [0.5, 0.6) is 0 Å². The lowest BCUT2D eigenvalue weighted by molar-refractivity contribution is -0.107. The van der Waals surface area contributed by atoms with Crippen molar-refractivity contribution in [3.05, 3.63) is 42.1 Å². The first-order chi connectivity index (χ1) is 7.42. The second-order valence-corrected chi connectivity index (χ2v) is 3.05. The zero-order valence-corrected chi connectivity index (χ0v) is 8.10. The van der Waals surface area contributed by atoms with Gasteiger partial charge in [0.2, 0.25) is 0 Å². The van der Waals surface area contributed by atoms with Crippen LogP contribution in [0.25, 0.3) is 10.9 Å². The molecule has 0 amide bonds. The van der Waals surface area contributed by atoms with Crippen LogP contribution in [0.3, 0.4) is 0 Å². The van der Waals surface area contributed by atoms with Gasteiger partial charge in [-0.1, -0.05) is 30.0 Å². The molecule has 72 valence electrons. The number of para-hydroxylation sites is 1. The van der Waals surface area contributed by atoms with Gasteiger partial charge in [-0.3, -0.25) is 4.98 Å². The Bertz CT molecular complexity index is 544. The van der Waals surface area contributed by atoms with E-state index < -0.39 is 0 Å². The largest absolute Gasteiger partial charge is 0.302 e. The van der Waals surface area contributed by atoms with Crippen LogP contribution >= 0.6 is 0 Å². The Kier molecular flexibility index (Phi) is 2.75. The summed E-state index contributed by atoms with van der Waals surface area (Å²) in [7, 11) is 0. The minimum Gasteiger partial charge on any atom is -0.302 e. The summed E-state index contributed by atoms with van der Waals surface area (Å²) in [6.07, 6.45) is 2.81. The van der Waals surface area contributed by atoms with E-state index in [4.69, 9.17) is 0 Å². The average Bonchev–Trinajstić information content (AvgIpc) is 2.30. The minimum atomic E-state index is 0.274. The summed E-state index contributed by atoms with van der Waals surface area (Å²) in [5.74, 6) is 5.76. The second-order valence-electron chi connectivity index (χ2n) is 3.05. The summed E-state index contributed by atoms with van der Waals surface area (Å²) in [5, 5.41) is 1.03. The summed E-state index contributed by atoms with van der Waals surface area (Å²) >= 11 is 0. The number of carbonyl (C=O) groups excluding carboxylic acids is 1. The Labute approximate surface area is 88.0 Å². The monoisotopic (exact) mass is 195 g/mol. The number of benzene rings is 1. The quantitative estimate of drug-likeness (QED) is 0.515. The number of aromatic nitrogens is 1. The van der Waals surface area contributed by atoms with E-state index >= 15 is 0 Å². The van der Waals surface area contributed by atoms with Gasteiger partial charge in [0.15, 0.2) is 0 Å². The maximum atomic E-state index is 10.1. The number of carbonyl (C=O) groups is 1. The van der Waals surface area contributed by atoms with Gasteiger partial charge in [0, 0.05) is 17.1 Å². The van der Waals surface area contributed by atoms with Gasteiger partial charge in [-0.15, -0.1) is 0 Å². The predicted octanol–water partition coefficient (Wildman–Crippen LogP) is 2.18. The van der Waals surface area contributed by atoms with Gasteiger partial charge in [-0.05, 0) is 12.1 Å². The molecule has 2 nitrogen and oxygen atoms in total. The van der Waals surface area contributed by atoms with E-state index in [1.807, 2.05) is 30.3 Å². The standard InChI is InChI=1S/C13H9NO/c15-10-4-3-5-11-8-9-14-13-7-2-1-6-12(11)13/h1-2,6-10H,4H2. The maximum absolute atomic E-state index is 10.1. The van der Waals surface area contributed by atoms with Gasteiger partial charge in [0.05, 0.1) is 11.9 Å². The zero-order chi connectivity index (χ0) is 10.5. The van der Waals surface area contributed by atoms with Gasteiger partial charge in [-0.2, -0.15) is 0 Å². The van der Waals surface area contributed by atoms with E-state index in [0.29, 0.717) is 0 Å². The van der Waals surface area contributed by atoms with Crippen LogP contribution in [-0.2, 0) is 4.79 Å². The molecule has 2 aromatic rings. The first-order valence-electron chi connectivity index (χ1n) is 4.68. The highest BCUT2D eigenvalue weighted by Gasteiger charge is 1.96. The van der Waals surface area contributed by atoms with Crippen LogP contribution in [0.15, 0.2) is 36.5 Å². The van der Waals surface area contributed by atoms with Crippen molar-refractivity contribution in [1.82, 2.24) is 4.98 Å². The molecule has 1 aromatic carbocycles. The third kappa shape index (κ3) is 2.03. The van der Waals surface area contributed by atoms with Crippen LogP contribution in [0, 0.1) is 11.8 Å². The van der Waals surface area contributed by atoms with Crippen molar-refractivity contribution in [3.8, 4) is 11.8 Å². The highest BCUT2D eigenvalue weighted by atomic mass is 16.1. The topological polar surface area (TPSA) is 30.0 Å². The third-order valence-electron chi connectivity index (χ3n) is 2.06. The molecule has 2 rings (SSSR count). The molecule has 0 saturated carbocycles. The van der Waals surface area contributed by atoms with Crippen molar-refractivity contribution < 1.29 is 4.79 Å². The van der Waals surface area contributed by atoms with Crippen LogP contribution in [0.2, 0.25) is 0 Å². The number of hydrogen-bond acceptors (Lipinski definition) is 2. The summed E-state index contributed by atoms with van der Waals surface area (Å²) in [6.45, 7) is 0. The lowest BCUT2D eigenvalue weighted by atomic mass is 10.1. The fraction of sp³-hybridized carbons (Fsp3) is 0.0769. The van der Waals surface area contributed by atoms with Crippen LogP contribution in [0.1, 0.15) is 12.0 Å². The summed E-state index contributed by atoms with van der Waals surface area (Å²) in [5.41, 5.74) is 1.85. The SMILES string of the molecule is O=CCC#Cc1ccnc2ccccc12. The van der Waals surface area contributed by atoms with Crippen LogP contribution in [-0.4, -0.2) is 11.3 Å². The van der Waals surface area contributed by atoms with Crippen LogP contribution in [0.4, 0.5) is 0 Å². The number of rotatable bonds is 1. The smallest absolute Gasteiger partial charge is 0.131 e. The summed E-state index contributed by atoms with van der Waals surface area (Å²) < 4.78 is 0. The molecule has 0 spiro atoms. The Hall–Kier alpha value is -2.14. The molecule has 0 radical (unpaired) electrons. The van der Waals surface area contributed by atoms with Crippen molar-refractivity contribution in [1.29, 1.82) is 0 Å². The van der Waals surface area contributed by atoms with E-state index in [-0.39, 0.29) is 6.42 Å². The lowest BCUT2D eigenvalue weighted by Crippen LogP contribution is -1.82. The average molecular weight is 195 g/mol. The molecular weight excluding hydrogens is 186 g/mol. The predicted molar refractivity (Wildman–Crippen MR) is 59.3 cm³/mol. The van der Waals surface area contributed by atoms with Gasteiger partial charge >= 0.3 is 0 Å². The van der Waals surface area contributed by atoms with Crippen molar-refractivity contribution in [3.63, 3.8) is 0 Å². The molecular formula is C13H9NO. The number of nitrogens with zero attached hydrogens (tertiary/aromatic N) is 1. The molecule has 0 unspecified atom stereocenters. The van der Waals surface area contributed by atoms with Crippen molar-refractivity contribution in [2.75, 3.05) is 0 Å². The maximum Gasteiger partial charge on any atom is 0.131 e. The highest BCUT2D eigenvalue weighted by molar-refractivity contribution is 5.84. The minimum absolute atomic E-state index is 0.274. The number of pyridine rings is 1. The normalized spacial score (nSPS) is 9.33. The molecule has 0 atom stereocenters. The van der Waals surface area contributed by atoms with Gasteiger partial charge in [0.1, 0.15) is 6.29 Å². The molecule has 0 N–H and O–H groups in total. The van der Waals surface area contributed by atoms with E-state index in [0.717, 1.165) is 22.8 Å². The number of aldehydes is 1. The Morgan fingerprint density at radius 1 is 1.27 bits per heavy atom. The fourth-order valence-corrected chi connectivity index (χ4v) is 1.39. The first kappa shape index (κ1) is 9.42. The van der Waals surface area contributed by atoms with E-state index in [2.05, 4.69) is 16.8 Å². The van der Waals surface area contributed by atoms with Crippen molar-refractivity contribution >= 4 is 17.2 Å². The zero-order valence-electron chi connectivity index (χ0n) is 8.10. The Morgan fingerprint density at radius 2 is 2.13 bits per heavy atom. The number of hydrogen-bond donors (Lipinski definition) is 0. The van der Waals surface area contributed by atoms with Crippen molar-refractivity contribution in [2.24, 2.45) is 0 Å². The Morgan fingerprint density at radius 3 is 3.00 bits per heavy atom. The molecule has 2 heteroatoms. The fourth-order valence-electron chi connectivity index (χ4n) is 1.39. The molecule has 1 aromatic heterocycles. The van der Waals surface area contributed by atoms with E-state index in [1.54, 1.807) is 6.20 Å². The van der Waals surface area contributed by atoms with Gasteiger partial charge in [0.25, 0.3) is 0 Å². The van der Waals surface area contributed by atoms with E-state index in [1.165, 1.54) is 0 Å². The molecule has 0 aliphatic heterocycles. The molecule has 0 bridgehead atoms. The highest BCUT2D eigenvalue weighted by Crippen LogP contribution is 2.14. The molecule has 15 heavy (non-hydrogen) atoms. The molecule has 0 saturated heterocycles. The molecule has 0 aliphatic rings. The molecule has 1 heterocycles. The molecule has 0 fully saturated rings. The lowest BCUT2D eigenvalue weighted by Gasteiger charge is -1.97. The van der Waals surface area contributed by atoms with Gasteiger partial charge in [-0.25, -0.2) is 0 Å². The second kappa shape index (κ2) is 4.39. The van der Waals surface area contributed by atoms with Crippen LogP contribution < -0.4 is 0 Å².